The van der Waals surface area contributed by atoms with Crippen molar-refractivity contribution in [3.8, 4) is 5.75 Å². The van der Waals surface area contributed by atoms with E-state index in [0.29, 0.717) is 19.0 Å². The summed E-state index contributed by atoms with van der Waals surface area (Å²) in [5.41, 5.74) is 1.09. The number of amides is 1. The van der Waals surface area contributed by atoms with Crippen LogP contribution in [-0.2, 0) is 6.42 Å². The average molecular weight is 358 g/mol. The fraction of sp³-hybridized carbons (Fsp3) is 0.400. The van der Waals surface area contributed by atoms with E-state index in [9.17, 15) is 14.0 Å². The highest BCUT2D eigenvalue weighted by Gasteiger charge is 2.25. The van der Waals surface area contributed by atoms with Gasteiger partial charge in [0.2, 0.25) is 5.43 Å². The molecule has 138 valence electrons. The second kappa shape index (κ2) is 8.17. The van der Waals surface area contributed by atoms with E-state index in [2.05, 4.69) is 4.98 Å². The second-order valence-corrected chi connectivity index (χ2v) is 6.70. The molecule has 0 unspecified atom stereocenters. The van der Waals surface area contributed by atoms with Crippen molar-refractivity contribution in [2.75, 3.05) is 20.2 Å². The molecule has 2 aromatic rings. The molecule has 1 saturated heterocycles. The van der Waals surface area contributed by atoms with Gasteiger partial charge in [0.15, 0.2) is 5.75 Å². The fourth-order valence-corrected chi connectivity index (χ4v) is 3.42. The van der Waals surface area contributed by atoms with E-state index < -0.39 is 0 Å². The Labute approximate surface area is 151 Å². The van der Waals surface area contributed by atoms with Gasteiger partial charge in [-0.15, -0.1) is 0 Å². The summed E-state index contributed by atoms with van der Waals surface area (Å²) in [7, 11) is 1.42. The number of halogens is 1. The molecule has 1 aliphatic heterocycles. The summed E-state index contributed by atoms with van der Waals surface area (Å²) >= 11 is 0. The number of H-pyrrole nitrogens is 1. The Balaban J connectivity index is 1.60. The molecule has 0 aliphatic carbocycles. The number of aryl methyl sites for hydroxylation is 1. The number of rotatable bonds is 5. The fourth-order valence-electron chi connectivity index (χ4n) is 3.42. The maximum Gasteiger partial charge on any atom is 0.270 e. The number of benzene rings is 1. The highest BCUT2D eigenvalue weighted by molar-refractivity contribution is 5.92. The quantitative estimate of drug-likeness (QED) is 0.894. The summed E-state index contributed by atoms with van der Waals surface area (Å²) in [6.07, 6.45) is 5.26. The van der Waals surface area contributed by atoms with Gasteiger partial charge in [0.1, 0.15) is 11.5 Å². The van der Waals surface area contributed by atoms with Crippen LogP contribution in [0.15, 0.2) is 41.3 Å². The average Bonchev–Trinajstić information content (AvgIpc) is 2.67. The normalized spacial score (nSPS) is 17.2. The third-order valence-electron chi connectivity index (χ3n) is 4.89. The second-order valence-electron chi connectivity index (χ2n) is 6.70. The first-order valence-electron chi connectivity index (χ1n) is 8.87. The van der Waals surface area contributed by atoms with Crippen LogP contribution in [0.4, 0.5) is 4.39 Å². The van der Waals surface area contributed by atoms with Gasteiger partial charge in [-0.1, -0.05) is 12.1 Å². The standard InChI is InChI=1S/C20H23FN2O3/c1-26-19-12-22-17(11-18(19)24)20(25)23-10-2-3-15(13-23)5-4-14-6-8-16(21)9-7-14/h6-9,11-12,15H,2-5,10,13H2,1H3,(H,22,24)/t15-/m1/s1. The van der Waals surface area contributed by atoms with E-state index in [4.69, 9.17) is 4.74 Å². The van der Waals surface area contributed by atoms with Crippen molar-refractivity contribution in [2.45, 2.75) is 25.7 Å². The van der Waals surface area contributed by atoms with Crippen LogP contribution in [0.3, 0.4) is 0 Å². The van der Waals surface area contributed by atoms with Crippen LogP contribution in [0.1, 0.15) is 35.3 Å². The minimum atomic E-state index is -0.306. The van der Waals surface area contributed by atoms with Crippen LogP contribution < -0.4 is 10.2 Å². The first-order chi connectivity index (χ1) is 12.6. The van der Waals surface area contributed by atoms with E-state index in [1.54, 1.807) is 4.90 Å². The number of pyridine rings is 1. The lowest BCUT2D eigenvalue weighted by molar-refractivity contribution is 0.0662. The van der Waals surface area contributed by atoms with Crippen LogP contribution in [0.2, 0.25) is 0 Å². The molecule has 1 aromatic carbocycles. The third-order valence-corrected chi connectivity index (χ3v) is 4.89. The summed E-state index contributed by atoms with van der Waals surface area (Å²) in [6, 6.07) is 7.87. The topological polar surface area (TPSA) is 62.4 Å². The van der Waals surface area contributed by atoms with Crippen molar-refractivity contribution < 1.29 is 13.9 Å². The van der Waals surface area contributed by atoms with Gasteiger partial charge in [-0.25, -0.2) is 4.39 Å². The molecular formula is C20H23FN2O3. The zero-order valence-corrected chi connectivity index (χ0v) is 14.8. The highest BCUT2D eigenvalue weighted by Crippen LogP contribution is 2.23. The Morgan fingerprint density at radius 2 is 2.12 bits per heavy atom. The summed E-state index contributed by atoms with van der Waals surface area (Å²) in [5.74, 6) is 0.216. The number of nitrogens with one attached hydrogen (secondary N) is 1. The van der Waals surface area contributed by atoms with Gasteiger partial charge in [0.05, 0.1) is 7.11 Å². The molecule has 0 saturated carbocycles. The number of methoxy groups -OCH3 is 1. The highest BCUT2D eigenvalue weighted by atomic mass is 19.1. The van der Waals surface area contributed by atoms with Crippen molar-refractivity contribution >= 4 is 5.91 Å². The number of carbonyl (C=O) groups excluding carboxylic acids is 1. The van der Waals surface area contributed by atoms with Crippen molar-refractivity contribution in [3.05, 3.63) is 63.8 Å². The molecule has 1 aromatic heterocycles. The van der Waals surface area contributed by atoms with Crippen molar-refractivity contribution in [3.63, 3.8) is 0 Å². The summed E-state index contributed by atoms with van der Waals surface area (Å²) in [4.78, 5) is 29.2. The van der Waals surface area contributed by atoms with E-state index >= 15 is 0 Å². The molecule has 3 rings (SSSR count). The molecule has 1 atom stereocenters. The molecule has 0 bridgehead atoms. The number of hydrogen-bond donors (Lipinski definition) is 1. The number of likely N-dealkylation sites (tertiary alicyclic amines) is 1. The minimum absolute atomic E-state index is 0.156. The smallest absolute Gasteiger partial charge is 0.270 e. The number of carbonyl (C=O) groups is 1. The Hall–Kier alpha value is -2.63. The zero-order valence-electron chi connectivity index (χ0n) is 14.8. The number of aromatic amines is 1. The first-order valence-corrected chi connectivity index (χ1v) is 8.87. The molecule has 1 aliphatic rings. The largest absolute Gasteiger partial charge is 0.491 e. The van der Waals surface area contributed by atoms with Crippen molar-refractivity contribution in [1.29, 1.82) is 0 Å². The lowest BCUT2D eigenvalue weighted by Gasteiger charge is -2.32. The minimum Gasteiger partial charge on any atom is -0.491 e. The molecule has 0 spiro atoms. The van der Waals surface area contributed by atoms with Crippen LogP contribution in [0, 0.1) is 11.7 Å². The van der Waals surface area contributed by atoms with Crippen molar-refractivity contribution in [1.82, 2.24) is 9.88 Å². The SMILES string of the molecule is COc1c[nH]c(C(=O)N2CCC[C@H](CCc3ccc(F)cc3)C2)cc1=O. The van der Waals surface area contributed by atoms with Gasteiger partial charge in [0.25, 0.3) is 5.91 Å². The van der Waals surface area contributed by atoms with Crippen molar-refractivity contribution in [2.24, 2.45) is 5.92 Å². The molecule has 1 N–H and O–H groups in total. The summed E-state index contributed by atoms with van der Waals surface area (Å²) in [5, 5.41) is 0. The molecule has 26 heavy (non-hydrogen) atoms. The first kappa shape index (κ1) is 18.2. The van der Waals surface area contributed by atoms with Crippen LogP contribution in [0.5, 0.6) is 5.75 Å². The molecule has 2 heterocycles. The maximum atomic E-state index is 13.0. The van der Waals surface area contributed by atoms with Crippen LogP contribution in [-0.4, -0.2) is 36.0 Å². The molecule has 6 heteroatoms. The van der Waals surface area contributed by atoms with Crippen LogP contribution in [0.25, 0.3) is 0 Å². The predicted octanol–water partition coefficient (Wildman–Crippen LogP) is 3.01. The number of ether oxygens (including phenoxy) is 1. The molecule has 1 fully saturated rings. The van der Waals surface area contributed by atoms with E-state index in [0.717, 1.165) is 31.2 Å². The van der Waals surface area contributed by atoms with E-state index in [1.807, 2.05) is 12.1 Å². The molecular weight excluding hydrogens is 335 g/mol. The zero-order chi connectivity index (χ0) is 18.5. The Morgan fingerprint density at radius 3 is 2.81 bits per heavy atom. The Kier molecular flexibility index (Phi) is 5.71. The van der Waals surface area contributed by atoms with Crippen LogP contribution >= 0.6 is 0 Å². The third kappa shape index (κ3) is 4.31. The van der Waals surface area contributed by atoms with E-state index in [1.165, 1.54) is 31.5 Å². The van der Waals surface area contributed by atoms with Gasteiger partial charge in [-0.05, 0) is 49.3 Å². The van der Waals surface area contributed by atoms with Gasteiger partial charge < -0.3 is 14.6 Å². The number of nitrogens with zero attached hydrogens (tertiary/aromatic N) is 1. The number of aromatic nitrogens is 1. The number of hydrogen-bond acceptors (Lipinski definition) is 3. The van der Waals surface area contributed by atoms with Gasteiger partial charge >= 0.3 is 0 Å². The molecule has 1 amide bonds. The van der Waals surface area contributed by atoms with Gasteiger partial charge in [-0.2, -0.15) is 0 Å². The Morgan fingerprint density at radius 1 is 1.35 bits per heavy atom. The lowest BCUT2D eigenvalue weighted by Crippen LogP contribution is -2.40. The predicted molar refractivity (Wildman–Crippen MR) is 97.0 cm³/mol. The molecule has 0 radical (unpaired) electrons. The Bertz CT molecular complexity index is 817. The summed E-state index contributed by atoms with van der Waals surface area (Å²) in [6.45, 7) is 1.37. The number of piperidine rings is 1. The molecule has 5 nitrogen and oxygen atoms in total. The van der Waals surface area contributed by atoms with Gasteiger partial charge in [0, 0.05) is 25.4 Å². The van der Waals surface area contributed by atoms with Gasteiger partial charge in [-0.3, -0.25) is 9.59 Å². The lowest BCUT2D eigenvalue weighted by atomic mass is 9.91. The summed E-state index contributed by atoms with van der Waals surface area (Å²) < 4.78 is 17.9. The monoisotopic (exact) mass is 358 g/mol. The van der Waals surface area contributed by atoms with E-state index in [-0.39, 0.29) is 28.6 Å². The maximum absolute atomic E-state index is 13.0.